The molecule has 2 atom stereocenters. The Morgan fingerprint density at radius 1 is 1.33 bits per heavy atom. The molecule has 1 unspecified atom stereocenters. The molecule has 1 aromatic carbocycles. The van der Waals surface area contributed by atoms with E-state index < -0.39 is 12.2 Å². The van der Waals surface area contributed by atoms with Gasteiger partial charge in [0.25, 0.3) is 5.91 Å². The zero-order chi connectivity index (χ0) is 16.0. The first-order valence-electron chi connectivity index (χ1n) is 7.33. The molecule has 0 aliphatic carbocycles. The lowest BCUT2D eigenvalue weighted by atomic mass is 10.1. The van der Waals surface area contributed by atoms with Crippen LogP contribution in [0.25, 0.3) is 0 Å². The predicted molar refractivity (Wildman–Crippen MR) is 87.4 cm³/mol. The highest BCUT2D eigenvalue weighted by atomic mass is 79.9. The van der Waals surface area contributed by atoms with Gasteiger partial charge < -0.3 is 15.2 Å². The number of hydrogen-bond donors (Lipinski definition) is 2. The monoisotopic (exact) mass is 357 g/mol. The van der Waals surface area contributed by atoms with Crippen molar-refractivity contribution >= 4 is 21.8 Å². The molecule has 0 saturated carbocycles. The molecule has 0 heterocycles. The molecule has 0 spiro atoms. The summed E-state index contributed by atoms with van der Waals surface area (Å²) in [7, 11) is 0. The fourth-order valence-electron chi connectivity index (χ4n) is 2.01. The van der Waals surface area contributed by atoms with E-state index in [1.807, 2.05) is 19.9 Å². The normalized spacial score (nSPS) is 13.9. The van der Waals surface area contributed by atoms with Crippen LogP contribution < -0.4 is 10.1 Å². The first-order chi connectivity index (χ1) is 9.88. The SMILES string of the molecule is CCC(CC)NC(=O)C(C)Oc1cc(Br)ccc1[C@H](C)O. The molecule has 0 aliphatic rings. The molecular formula is C16H24BrNO3. The minimum absolute atomic E-state index is 0.139. The minimum Gasteiger partial charge on any atom is -0.480 e. The third-order valence-electron chi connectivity index (χ3n) is 3.43. The molecule has 1 rings (SSSR count). The first kappa shape index (κ1) is 18.0. The molecule has 5 heteroatoms. The van der Waals surface area contributed by atoms with E-state index in [9.17, 15) is 9.90 Å². The summed E-state index contributed by atoms with van der Waals surface area (Å²) in [5.74, 6) is 0.381. The second-order valence-corrected chi connectivity index (χ2v) is 6.06. The van der Waals surface area contributed by atoms with Gasteiger partial charge in [-0.15, -0.1) is 0 Å². The topological polar surface area (TPSA) is 58.6 Å². The highest BCUT2D eigenvalue weighted by Gasteiger charge is 2.19. The quantitative estimate of drug-likeness (QED) is 0.783. The smallest absolute Gasteiger partial charge is 0.260 e. The number of amides is 1. The number of aliphatic hydroxyl groups excluding tert-OH is 1. The van der Waals surface area contributed by atoms with Crippen LogP contribution in [-0.2, 0) is 4.79 Å². The van der Waals surface area contributed by atoms with E-state index in [-0.39, 0.29) is 11.9 Å². The van der Waals surface area contributed by atoms with Crippen LogP contribution in [0.1, 0.15) is 52.2 Å². The Morgan fingerprint density at radius 2 is 1.95 bits per heavy atom. The van der Waals surface area contributed by atoms with E-state index >= 15 is 0 Å². The summed E-state index contributed by atoms with van der Waals surface area (Å²) in [5, 5.41) is 12.7. The average Bonchev–Trinajstić information content (AvgIpc) is 2.44. The van der Waals surface area contributed by atoms with Crippen molar-refractivity contribution in [2.45, 2.75) is 58.8 Å². The van der Waals surface area contributed by atoms with Crippen molar-refractivity contribution in [2.24, 2.45) is 0 Å². The van der Waals surface area contributed by atoms with E-state index in [1.54, 1.807) is 26.0 Å². The van der Waals surface area contributed by atoms with E-state index in [2.05, 4.69) is 21.2 Å². The molecule has 1 amide bonds. The summed E-state index contributed by atoms with van der Waals surface area (Å²) in [6, 6.07) is 5.56. The minimum atomic E-state index is -0.651. The van der Waals surface area contributed by atoms with Crippen LogP contribution in [0.2, 0.25) is 0 Å². The molecule has 118 valence electrons. The number of ether oxygens (including phenoxy) is 1. The van der Waals surface area contributed by atoms with Gasteiger partial charge in [-0.25, -0.2) is 0 Å². The highest BCUT2D eigenvalue weighted by Crippen LogP contribution is 2.29. The standard InChI is InChI=1S/C16H24BrNO3/c1-5-13(6-2)18-16(20)11(4)21-15-9-12(17)7-8-14(15)10(3)19/h7-11,13,19H,5-6H2,1-4H3,(H,18,20)/t10-,11?/m0/s1. The molecular weight excluding hydrogens is 334 g/mol. The maximum absolute atomic E-state index is 12.1. The van der Waals surface area contributed by atoms with Crippen LogP contribution in [-0.4, -0.2) is 23.2 Å². The lowest BCUT2D eigenvalue weighted by Crippen LogP contribution is -2.42. The third-order valence-corrected chi connectivity index (χ3v) is 3.92. The second-order valence-electron chi connectivity index (χ2n) is 5.14. The number of carbonyl (C=O) groups excluding carboxylic acids is 1. The third kappa shape index (κ3) is 5.32. The molecule has 0 bridgehead atoms. The Bertz CT molecular complexity index is 473. The Balaban J connectivity index is 2.80. The molecule has 0 fully saturated rings. The van der Waals surface area contributed by atoms with Crippen LogP contribution in [0.3, 0.4) is 0 Å². The number of rotatable bonds is 7. The average molecular weight is 358 g/mol. The number of benzene rings is 1. The number of halogens is 1. The molecule has 0 aliphatic heterocycles. The Morgan fingerprint density at radius 3 is 2.48 bits per heavy atom. The van der Waals surface area contributed by atoms with Gasteiger partial charge in [-0.3, -0.25) is 4.79 Å². The Kier molecular flexibility index (Phi) is 7.18. The van der Waals surface area contributed by atoms with Gasteiger partial charge in [-0.1, -0.05) is 35.8 Å². The fraction of sp³-hybridized carbons (Fsp3) is 0.562. The number of carbonyl (C=O) groups is 1. The molecule has 0 aromatic heterocycles. The first-order valence-corrected chi connectivity index (χ1v) is 8.12. The maximum Gasteiger partial charge on any atom is 0.260 e. The summed E-state index contributed by atoms with van der Waals surface area (Å²) in [4.78, 5) is 12.1. The van der Waals surface area contributed by atoms with Gasteiger partial charge in [0.1, 0.15) is 5.75 Å². The van der Waals surface area contributed by atoms with Crippen LogP contribution in [0.5, 0.6) is 5.75 Å². The largest absolute Gasteiger partial charge is 0.480 e. The van der Waals surface area contributed by atoms with Gasteiger partial charge in [-0.05, 0) is 38.8 Å². The molecule has 0 saturated heterocycles. The van der Waals surface area contributed by atoms with Gasteiger partial charge in [0.05, 0.1) is 6.10 Å². The maximum atomic E-state index is 12.1. The van der Waals surface area contributed by atoms with Crippen LogP contribution in [0.15, 0.2) is 22.7 Å². The summed E-state index contributed by atoms with van der Waals surface area (Å²) in [6.07, 6.45) is 0.523. The predicted octanol–water partition coefficient (Wildman–Crippen LogP) is 3.57. The summed E-state index contributed by atoms with van der Waals surface area (Å²) in [6.45, 7) is 7.47. The summed E-state index contributed by atoms with van der Waals surface area (Å²) >= 11 is 3.37. The van der Waals surface area contributed by atoms with Crippen molar-refractivity contribution in [3.8, 4) is 5.75 Å². The lowest BCUT2D eigenvalue weighted by Gasteiger charge is -2.21. The Labute approximate surface area is 135 Å². The summed E-state index contributed by atoms with van der Waals surface area (Å²) < 4.78 is 6.58. The van der Waals surface area contributed by atoms with Gasteiger partial charge in [0.2, 0.25) is 0 Å². The van der Waals surface area contributed by atoms with E-state index in [4.69, 9.17) is 4.74 Å². The molecule has 21 heavy (non-hydrogen) atoms. The zero-order valence-electron chi connectivity index (χ0n) is 13.0. The molecule has 1 aromatic rings. The lowest BCUT2D eigenvalue weighted by molar-refractivity contribution is -0.128. The molecule has 0 radical (unpaired) electrons. The van der Waals surface area contributed by atoms with Crippen molar-refractivity contribution in [3.63, 3.8) is 0 Å². The van der Waals surface area contributed by atoms with Crippen molar-refractivity contribution in [3.05, 3.63) is 28.2 Å². The van der Waals surface area contributed by atoms with E-state index in [1.165, 1.54) is 0 Å². The zero-order valence-corrected chi connectivity index (χ0v) is 14.6. The number of hydrogen-bond acceptors (Lipinski definition) is 3. The fourth-order valence-corrected chi connectivity index (χ4v) is 2.35. The van der Waals surface area contributed by atoms with Gasteiger partial charge in [-0.2, -0.15) is 0 Å². The van der Waals surface area contributed by atoms with Crippen LogP contribution in [0, 0.1) is 0 Å². The Hall–Kier alpha value is -1.07. The molecule has 4 nitrogen and oxygen atoms in total. The number of aliphatic hydroxyl groups is 1. The molecule has 2 N–H and O–H groups in total. The van der Waals surface area contributed by atoms with Crippen LogP contribution in [0.4, 0.5) is 0 Å². The van der Waals surface area contributed by atoms with Crippen molar-refractivity contribution < 1.29 is 14.6 Å². The van der Waals surface area contributed by atoms with Gasteiger partial charge in [0, 0.05) is 16.1 Å². The van der Waals surface area contributed by atoms with E-state index in [0.717, 1.165) is 17.3 Å². The van der Waals surface area contributed by atoms with Gasteiger partial charge in [0.15, 0.2) is 6.10 Å². The van der Waals surface area contributed by atoms with Crippen molar-refractivity contribution in [1.82, 2.24) is 5.32 Å². The summed E-state index contributed by atoms with van der Waals surface area (Å²) in [5.41, 5.74) is 0.667. The number of nitrogens with one attached hydrogen (secondary N) is 1. The van der Waals surface area contributed by atoms with Crippen LogP contribution >= 0.6 is 15.9 Å². The van der Waals surface area contributed by atoms with Crippen molar-refractivity contribution in [1.29, 1.82) is 0 Å². The van der Waals surface area contributed by atoms with Crippen molar-refractivity contribution in [2.75, 3.05) is 0 Å². The second kappa shape index (κ2) is 8.39. The highest BCUT2D eigenvalue weighted by molar-refractivity contribution is 9.10. The van der Waals surface area contributed by atoms with E-state index in [0.29, 0.717) is 11.3 Å². The van der Waals surface area contributed by atoms with Gasteiger partial charge >= 0.3 is 0 Å².